The van der Waals surface area contributed by atoms with E-state index in [1.54, 1.807) is 0 Å². The highest BCUT2D eigenvalue weighted by Gasteiger charge is 2.30. The smallest absolute Gasteiger partial charge is 0.320 e. The van der Waals surface area contributed by atoms with Gasteiger partial charge in [0.25, 0.3) is 0 Å². The molecule has 0 saturated carbocycles. The number of hydrogen-bond acceptors (Lipinski definition) is 5. The van der Waals surface area contributed by atoms with Crippen LogP contribution in [-0.2, 0) is 11.2 Å². The van der Waals surface area contributed by atoms with E-state index < -0.39 is 5.97 Å². The third-order valence-electron chi connectivity index (χ3n) is 3.76. The van der Waals surface area contributed by atoms with Crippen molar-refractivity contribution in [3.05, 3.63) is 36.2 Å². The first-order valence-corrected chi connectivity index (χ1v) is 7.09. The third kappa shape index (κ3) is 3.11. The van der Waals surface area contributed by atoms with Crippen LogP contribution in [0.5, 0.6) is 0 Å². The predicted octanol–water partition coefficient (Wildman–Crippen LogP) is 1.83. The molecule has 1 fully saturated rings. The molecule has 6 heteroatoms. The lowest BCUT2D eigenvalue weighted by molar-refractivity contribution is -0.142. The Hall–Kier alpha value is -2.21. The maximum Gasteiger partial charge on any atom is 0.320 e. The lowest BCUT2D eigenvalue weighted by Crippen LogP contribution is -2.37. The molecule has 21 heavy (non-hydrogen) atoms. The molecule has 1 aliphatic heterocycles. The van der Waals surface area contributed by atoms with Gasteiger partial charge in [-0.3, -0.25) is 9.69 Å². The molecule has 1 atom stereocenters. The molecule has 6 nitrogen and oxygen atoms in total. The van der Waals surface area contributed by atoms with Crippen molar-refractivity contribution in [3.8, 4) is 11.4 Å². The van der Waals surface area contributed by atoms with Crippen molar-refractivity contribution in [2.24, 2.45) is 0 Å². The summed E-state index contributed by atoms with van der Waals surface area (Å²) in [6.07, 6.45) is 2.22. The molecule has 0 amide bonds. The van der Waals surface area contributed by atoms with Gasteiger partial charge in [-0.1, -0.05) is 35.5 Å². The number of carbonyl (C=O) groups is 1. The normalized spacial score (nSPS) is 19.0. The Kier molecular flexibility index (Phi) is 3.96. The SMILES string of the molecule is O=C(O)C1CCCN1CCc1nc(-c2ccccc2)no1. The molecule has 1 aliphatic rings. The summed E-state index contributed by atoms with van der Waals surface area (Å²) >= 11 is 0. The summed E-state index contributed by atoms with van der Waals surface area (Å²) in [6, 6.07) is 9.26. The van der Waals surface area contributed by atoms with Crippen molar-refractivity contribution in [1.29, 1.82) is 0 Å². The number of benzene rings is 1. The minimum atomic E-state index is -0.747. The van der Waals surface area contributed by atoms with E-state index in [2.05, 4.69) is 10.1 Å². The first-order valence-electron chi connectivity index (χ1n) is 7.09. The molecule has 0 spiro atoms. The van der Waals surface area contributed by atoms with E-state index in [1.807, 2.05) is 35.2 Å². The fourth-order valence-electron chi connectivity index (χ4n) is 2.67. The van der Waals surface area contributed by atoms with Crippen LogP contribution in [-0.4, -0.2) is 45.2 Å². The highest BCUT2D eigenvalue weighted by atomic mass is 16.5. The molecule has 110 valence electrons. The van der Waals surface area contributed by atoms with Crippen LogP contribution >= 0.6 is 0 Å². The first kappa shape index (κ1) is 13.8. The average Bonchev–Trinajstić information content (AvgIpc) is 3.15. The molecule has 0 aliphatic carbocycles. The summed E-state index contributed by atoms with van der Waals surface area (Å²) in [5.74, 6) is 0.370. The Bertz CT molecular complexity index is 612. The van der Waals surface area contributed by atoms with Gasteiger partial charge in [0.05, 0.1) is 0 Å². The van der Waals surface area contributed by atoms with Crippen LogP contribution in [0.1, 0.15) is 18.7 Å². The molecule has 1 aromatic carbocycles. The van der Waals surface area contributed by atoms with Crippen LogP contribution in [0.2, 0.25) is 0 Å². The van der Waals surface area contributed by atoms with Gasteiger partial charge in [-0.15, -0.1) is 0 Å². The zero-order valence-corrected chi connectivity index (χ0v) is 11.6. The molecule has 3 rings (SSSR count). The van der Waals surface area contributed by atoms with E-state index >= 15 is 0 Å². The van der Waals surface area contributed by atoms with E-state index in [4.69, 9.17) is 9.63 Å². The number of aromatic nitrogens is 2. The molecule has 1 saturated heterocycles. The number of nitrogens with zero attached hydrogens (tertiary/aromatic N) is 3. The van der Waals surface area contributed by atoms with Gasteiger partial charge < -0.3 is 9.63 Å². The minimum Gasteiger partial charge on any atom is -0.480 e. The lowest BCUT2D eigenvalue weighted by Gasteiger charge is -2.19. The zero-order valence-electron chi connectivity index (χ0n) is 11.6. The van der Waals surface area contributed by atoms with Crippen LogP contribution in [0.4, 0.5) is 0 Å². The van der Waals surface area contributed by atoms with Crippen LogP contribution in [0.15, 0.2) is 34.9 Å². The summed E-state index contributed by atoms with van der Waals surface area (Å²) in [5.41, 5.74) is 0.914. The van der Waals surface area contributed by atoms with E-state index in [0.717, 1.165) is 18.5 Å². The van der Waals surface area contributed by atoms with E-state index in [1.165, 1.54) is 0 Å². The van der Waals surface area contributed by atoms with Crippen molar-refractivity contribution in [2.75, 3.05) is 13.1 Å². The molecule has 1 unspecified atom stereocenters. The van der Waals surface area contributed by atoms with Gasteiger partial charge in [0.2, 0.25) is 11.7 Å². The molecule has 1 aromatic heterocycles. The van der Waals surface area contributed by atoms with Gasteiger partial charge >= 0.3 is 5.97 Å². The standard InChI is InChI=1S/C15H17N3O3/c19-15(20)12-7-4-9-18(12)10-8-13-16-14(17-21-13)11-5-2-1-3-6-11/h1-3,5-6,12H,4,7-10H2,(H,19,20). The first-order chi connectivity index (χ1) is 10.2. The molecule has 0 bridgehead atoms. The Balaban J connectivity index is 1.62. The summed E-state index contributed by atoms with van der Waals surface area (Å²) < 4.78 is 5.24. The number of hydrogen-bond donors (Lipinski definition) is 1. The van der Waals surface area contributed by atoms with Gasteiger partial charge in [-0.25, -0.2) is 0 Å². The number of likely N-dealkylation sites (tertiary alicyclic amines) is 1. The van der Waals surface area contributed by atoms with Gasteiger partial charge in [0.1, 0.15) is 6.04 Å². The van der Waals surface area contributed by atoms with Crippen molar-refractivity contribution in [3.63, 3.8) is 0 Å². The maximum atomic E-state index is 11.1. The lowest BCUT2D eigenvalue weighted by atomic mass is 10.2. The molecular weight excluding hydrogens is 270 g/mol. The second kappa shape index (κ2) is 6.05. The second-order valence-corrected chi connectivity index (χ2v) is 5.16. The second-order valence-electron chi connectivity index (χ2n) is 5.16. The summed E-state index contributed by atoms with van der Waals surface area (Å²) in [5, 5.41) is 13.1. The molecule has 1 N–H and O–H groups in total. The third-order valence-corrected chi connectivity index (χ3v) is 3.76. The van der Waals surface area contributed by atoms with Gasteiger partial charge in [0, 0.05) is 18.5 Å². The highest BCUT2D eigenvalue weighted by Crippen LogP contribution is 2.19. The van der Waals surface area contributed by atoms with E-state index in [9.17, 15) is 4.79 Å². The number of rotatable bonds is 5. The Labute approximate surface area is 122 Å². The van der Waals surface area contributed by atoms with Gasteiger partial charge in [-0.2, -0.15) is 4.98 Å². The number of carboxylic acids is 1. The van der Waals surface area contributed by atoms with Gasteiger partial charge in [0.15, 0.2) is 0 Å². The molecular formula is C15H17N3O3. The van der Waals surface area contributed by atoms with Crippen molar-refractivity contribution >= 4 is 5.97 Å². The number of carboxylic acid groups (broad SMARTS) is 1. The average molecular weight is 287 g/mol. The van der Waals surface area contributed by atoms with Crippen LogP contribution in [0, 0.1) is 0 Å². The summed E-state index contributed by atoms with van der Waals surface area (Å²) in [4.78, 5) is 17.4. The maximum absolute atomic E-state index is 11.1. The van der Waals surface area contributed by atoms with Crippen LogP contribution < -0.4 is 0 Å². The Morgan fingerprint density at radius 2 is 2.19 bits per heavy atom. The fraction of sp³-hybridized carbons (Fsp3) is 0.400. The predicted molar refractivity (Wildman–Crippen MR) is 75.7 cm³/mol. The van der Waals surface area contributed by atoms with Crippen molar-refractivity contribution in [1.82, 2.24) is 15.0 Å². The van der Waals surface area contributed by atoms with E-state index in [0.29, 0.717) is 31.1 Å². The summed E-state index contributed by atoms with van der Waals surface area (Å²) in [7, 11) is 0. The monoisotopic (exact) mass is 287 g/mol. The quantitative estimate of drug-likeness (QED) is 0.903. The summed E-state index contributed by atoms with van der Waals surface area (Å²) in [6.45, 7) is 1.45. The zero-order chi connectivity index (χ0) is 14.7. The Morgan fingerprint density at radius 1 is 1.38 bits per heavy atom. The molecule has 2 heterocycles. The largest absolute Gasteiger partial charge is 0.480 e. The van der Waals surface area contributed by atoms with Crippen LogP contribution in [0.25, 0.3) is 11.4 Å². The van der Waals surface area contributed by atoms with E-state index in [-0.39, 0.29) is 6.04 Å². The minimum absolute atomic E-state index is 0.374. The van der Waals surface area contributed by atoms with Crippen molar-refractivity contribution < 1.29 is 14.4 Å². The topological polar surface area (TPSA) is 79.5 Å². The fourth-order valence-corrected chi connectivity index (χ4v) is 2.67. The van der Waals surface area contributed by atoms with Gasteiger partial charge in [-0.05, 0) is 19.4 Å². The Morgan fingerprint density at radius 3 is 2.95 bits per heavy atom. The number of aliphatic carboxylic acids is 1. The highest BCUT2D eigenvalue weighted by molar-refractivity contribution is 5.73. The van der Waals surface area contributed by atoms with Crippen molar-refractivity contribution in [2.45, 2.75) is 25.3 Å². The van der Waals surface area contributed by atoms with Crippen LogP contribution in [0.3, 0.4) is 0 Å². The molecule has 2 aromatic rings. The molecule has 0 radical (unpaired) electrons.